The standard InChI is InChI=1S/C9H18N4O/c1-6(5-14)11-9-8(4-10)7(2)12-13(9)3/h6,11,14H,4-5,10H2,1-3H3. The van der Waals surface area contributed by atoms with E-state index in [4.69, 9.17) is 10.8 Å². The van der Waals surface area contributed by atoms with E-state index in [-0.39, 0.29) is 12.6 Å². The van der Waals surface area contributed by atoms with E-state index in [9.17, 15) is 0 Å². The molecule has 80 valence electrons. The van der Waals surface area contributed by atoms with Crippen molar-refractivity contribution in [3.8, 4) is 0 Å². The van der Waals surface area contributed by atoms with E-state index in [1.807, 2.05) is 20.9 Å². The lowest BCUT2D eigenvalue weighted by atomic mass is 10.2. The maximum absolute atomic E-state index is 8.93. The Kier molecular flexibility index (Phi) is 3.49. The fourth-order valence-electron chi connectivity index (χ4n) is 1.41. The van der Waals surface area contributed by atoms with Gasteiger partial charge < -0.3 is 16.2 Å². The number of hydrogen-bond donors (Lipinski definition) is 3. The van der Waals surface area contributed by atoms with Crippen LogP contribution in [-0.2, 0) is 13.6 Å². The predicted molar refractivity (Wildman–Crippen MR) is 56.0 cm³/mol. The number of hydrogen-bond acceptors (Lipinski definition) is 4. The average Bonchev–Trinajstić information content (AvgIpc) is 2.41. The van der Waals surface area contributed by atoms with E-state index >= 15 is 0 Å². The van der Waals surface area contributed by atoms with Crippen LogP contribution in [0.4, 0.5) is 5.82 Å². The van der Waals surface area contributed by atoms with Gasteiger partial charge in [-0.1, -0.05) is 0 Å². The number of nitrogens with one attached hydrogen (secondary N) is 1. The molecule has 1 rings (SSSR count). The third kappa shape index (κ3) is 2.05. The number of aryl methyl sites for hydroxylation is 2. The molecule has 1 atom stereocenters. The first kappa shape index (κ1) is 11.0. The van der Waals surface area contributed by atoms with Gasteiger partial charge in [0.1, 0.15) is 5.82 Å². The van der Waals surface area contributed by atoms with E-state index < -0.39 is 0 Å². The van der Waals surface area contributed by atoms with Crippen molar-refractivity contribution in [1.82, 2.24) is 9.78 Å². The maximum atomic E-state index is 8.93. The van der Waals surface area contributed by atoms with Crippen LogP contribution in [0.25, 0.3) is 0 Å². The Balaban J connectivity index is 2.94. The van der Waals surface area contributed by atoms with Gasteiger partial charge in [-0.3, -0.25) is 4.68 Å². The first-order valence-electron chi connectivity index (χ1n) is 4.70. The second-order valence-corrected chi connectivity index (χ2v) is 3.47. The second kappa shape index (κ2) is 4.43. The fourth-order valence-corrected chi connectivity index (χ4v) is 1.41. The van der Waals surface area contributed by atoms with Crippen molar-refractivity contribution in [2.24, 2.45) is 12.8 Å². The highest BCUT2D eigenvalue weighted by molar-refractivity contribution is 5.48. The molecule has 1 aromatic rings. The number of nitrogens with two attached hydrogens (primary N) is 1. The summed E-state index contributed by atoms with van der Waals surface area (Å²) < 4.78 is 1.75. The van der Waals surface area contributed by atoms with Crippen molar-refractivity contribution >= 4 is 5.82 Å². The van der Waals surface area contributed by atoms with Gasteiger partial charge in [-0.05, 0) is 13.8 Å². The first-order valence-corrected chi connectivity index (χ1v) is 4.70. The van der Waals surface area contributed by atoms with Crippen LogP contribution in [0.5, 0.6) is 0 Å². The summed E-state index contributed by atoms with van der Waals surface area (Å²) in [5.74, 6) is 0.895. The number of anilines is 1. The Morgan fingerprint density at radius 2 is 2.29 bits per heavy atom. The van der Waals surface area contributed by atoms with Gasteiger partial charge >= 0.3 is 0 Å². The van der Waals surface area contributed by atoms with Crippen molar-refractivity contribution in [3.63, 3.8) is 0 Å². The molecule has 0 aliphatic carbocycles. The zero-order chi connectivity index (χ0) is 10.7. The summed E-state index contributed by atoms with van der Waals surface area (Å²) >= 11 is 0. The Morgan fingerprint density at radius 1 is 1.64 bits per heavy atom. The zero-order valence-electron chi connectivity index (χ0n) is 8.91. The summed E-state index contributed by atoms with van der Waals surface area (Å²) in [6, 6.07) is 0.00935. The average molecular weight is 198 g/mol. The van der Waals surface area contributed by atoms with E-state index in [0.29, 0.717) is 6.54 Å². The summed E-state index contributed by atoms with van der Waals surface area (Å²) in [6.45, 7) is 4.38. The smallest absolute Gasteiger partial charge is 0.129 e. The summed E-state index contributed by atoms with van der Waals surface area (Å²) in [6.07, 6.45) is 0. The molecule has 0 spiro atoms. The Bertz CT molecular complexity index is 308. The van der Waals surface area contributed by atoms with Crippen molar-refractivity contribution in [2.75, 3.05) is 11.9 Å². The molecule has 0 aromatic carbocycles. The van der Waals surface area contributed by atoms with Crippen molar-refractivity contribution in [2.45, 2.75) is 26.4 Å². The van der Waals surface area contributed by atoms with E-state index in [1.165, 1.54) is 0 Å². The minimum Gasteiger partial charge on any atom is -0.394 e. The highest BCUT2D eigenvalue weighted by Gasteiger charge is 2.12. The molecular formula is C9H18N4O. The summed E-state index contributed by atoms with van der Waals surface area (Å²) in [5, 5.41) is 16.4. The molecule has 0 aliphatic heterocycles. The number of aromatic nitrogens is 2. The first-order chi connectivity index (χ1) is 6.60. The molecule has 4 N–H and O–H groups in total. The van der Waals surface area contributed by atoms with Crippen LogP contribution in [0.1, 0.15) is 18.2 Å². The van der Waals surface area contributed by atoms with Gasteiger partial charge in [0.05, 0.1) is 12.3 Å². The molecule has 0 bridgehead atoms. The Labute approximate surface area is 83.9 Å². The third-order valence-electron chi connectivity index (χ3n) is 2.21. The van der Waals surface area contributed by atoms with Gasteiger partial charge in [-0.2, -0.15) is 5.10 Å². The van der Waals surface area contributed by atoms with Gasteiger partial charge in [-0.25, -0.2) is 0 Å². The molecular weight excluding hydrogens is 180 g/mol. The molecule has 1 unspecified atom stereocenters. The van der Waals surface area contributed by atoms with Gasteiger partial charge in [0.2, 0.25) is 0 Å². The Hall–Kier alpha value is -1.07. The summed E-state index contributed by atoms with van der Waals surface area (Å²) in [5.41, 5.74) is 7.57. The molecule has 0 saturated heterocycles. The topological polar surface area (TPSA) is 76.1 Å². The minimum absolute atomic E-state index is 0.00935. The molecule has 5 heteroatoms. The highest BCUT2D eigenvalue weighted by Crippen LogP contribution is 2.18. The second-order valence-electron chi connectivity index (χ2n) is 3.47. The predicted octanol–water partition coefficient (Wildman–Crippen LogP) is -0.0201. The van der Waals surface area contributed by atoms with Crippen molar-refractivity contribution < 1.29 is 5.11 Å². The molecule has 14 heavy (non-hydrogen) atoms. The monoisotopic (exact) mass is 198 g/mol. The largest absolute Gasteiger partial charge is 0.394 e. The van der Waals surface area contributed by atoms with Crippen LogP contribution < -0.4 is 11.1 Å². The molecule has 0 radical (unpaired) electrons. The lowest BCUT2D eigenvalue weighted by Crippen LogP contribution is -2.22. The van der Waals surface area contributed by atoms with Crippen molar-refractivity contribution in [3.05, 3.63) is 11.3 Å². The SMILES string of the molecule is Cc1nn(C)c(NC(C)CO)c1CN. The van der Waals surface area contributed by atoms with Crippen LogP contribution in [0.2, 0.25) is 0 Å². The van der Waals surface area contributed by atoms with Gasteiger partial charge in [0.15, 0.2) is 0 Å². The normalized spacial score (nSPS) is 12.9. The molecule has 0 amide bonds. The molecule has 5 nitrogen and oxygen atoms in total. The van der Waals surface area contributed by atoms with E-state index in [0.717, 1.165) is 17.1 Å². The van der Waals surface area contributed by atoms with Crippen LogP contribution >= 0.6 is 0 Å². The fraction of sp³-hybridized carbons (Fsp3) is 0.667. The van der Waals surface area contributed by atoms with E-state index in [2.05, 4.69) is 10.4 Å². The number of rotatable bonds is 4. The van der Waals surface area contributed by atoms with Crippen LogP contribution in [0.15, 0.2) is 0 Å². The number of aliphatic hydroxyl groups is 1. The van der Waals surface area contributed by atoms with Gasteiger partial charge in [0.25, 0.3) is 0 Å². The van der Waals surface area contributed by atoms with Gasteiger partial charge in [0, 0.05) is 25.2 Å². The lowest BCUT2D eigenvalue weighted by Gasteiger charge is -2.13. The molecule has 0 aliphatic rings. The maximum Gasteiger partial charge on any atom is 0.129 e. The summed E-state index contributed by atoms with van der Waals surface area (Å²) in [7, 11) is 1.86. The van der Waals surface area contributed by atoms with Crippen LogP contribution in [-0.4, -0.2) is 27.5 Å². The molecule has 0 saturated carbocycles. The van der Waals surface area contributed by atoms with Gasteiger partial charge in [-0.15, -0.1) is 0 Å². The Morgan fingerprint density at radius 3 is 2.79 bits per heavy atom. The highest BCUT2D eigenvalue weighted by atomic mass is 16.3. The van der Waals surface area contributed by atoms with Crippen LogP contribution in [0.3, 0.4) is 0 Å². The summed E-state index contributed by atoms with van der Waals surface area (Å²) in [4.78, 5) is 0. The quantitative estimate of drug-likeness (QED) is 0.635. The molecule has 1 aromatic heterocycles. The third-order valence-corrected chi connectivity index (χ3v) is 2.21. The van der Waals surface area contributed by atoms with Crippen molar-refractivity contribution in [1.29, 1.82) is 0 Å². The zero-order valence-corrected chi connectivity index (χ0v) is 8.91. The molecule has 0 fully saturated rings. The number of nitrogens with zero attached hydrogens (tertiary/aromatic N) is 2. The number of aliphatic hydroxyl groups excluding tert-OH is 1. The molecule has 1 heterocycles. The van der Waals surface area contributed by atoms with Crippen LogP contribution in [0, 0.1) is 6.92 Å². The lowest BCUT2D eigenvalue weighted by molar-refractivity contribution is 0.281. The van der Waals surface area contributed by atoms with E-state index in [1.54, 1.807) is 4.68 Å². The minimum atomic E-state index is 0.00935.